The fourth-order valence-electron chi connectivity index (χ4n) is 1.68. The lowest BCUT2D eigenvalue weighted by Crippen LogP contribution is -2.24. The second kappa shape index (κ2) is 6.76. The Labute approximate surface area is 132 Å². The maximum Gasteiger partial charge on any atom is 0.242 e. The lowest BCUT2D eigenvalue weighted by Gasteiger charge is -2.11. The molecule has 0 atom stereocenters. The van der Waals surface area contributed by atoms with Gasteiger partial charge in [0.2, 0.25) is 10.0 Å². The first-order valence-electron chi connectivity index (χ1n) is 5.95. The first kappa shape index (κ1) is 16.3. The molecule has 0 radical (unpaired) electrons. The summed E-state index contributed by atoms with van der Waals surface area (Å²) < 4.78 is 31.6. The molecule has 1 aromatic carbocycles. The van der Waals surface area contributed by atoms with Gasteiger partial charge in [-0.3, -0.25) is 0 Å². The standard InChI is InChI=1S/C12H13Cl2N3O3S/c1-15-6-8-4-12(11(14)5-10(8)13)21(18,19)16-7-9-2-3-20-17-9/h2-5,15-16H,6-7H2,1H3. The Bertz CT molecular complexity index is 718. The Morgan fingerprint density at radius 3 is 2.62 bits per heavy atom. The number of hydrogen-bond donors (Lipinski definition) is 2. The van der Waals surface area contributed by atoms with Gasteiger partial charge in [-0.2, -0.15) is 0 Å². The van der Waals surface area contributed by atoms with Crippen molar-refractivity contribution in [3.05, 3.63) is 45.8 Å². The first-order valence-corrected chi connectivity index (χ1v) is 8.19. The van der Waals surface area contributed by atoms with E-state index in [1.807, 2.05) is 0 Å². The van der Waals surface area contributed by atoms with Crippen molar-refractivity contribution >= 4 is 33.2 Å². The molecule has 0 aliphatic carbocycles. The Hall–Kier alpha value is -1.12. The van der Waals surface area contributed by atoms with Crippen LogP contribution in [0.15, 0.2) is 33.9 Å². The van der Waals surface area contributed by atoms with E-state index in [4.69, 9.17) is 23.2 Å². The number of aromatic nitrogens is 1. The molecule has 2 N–H and O–H groups in total. The van der Waals surface area contributed by atoms with Crippen molar-refractivity contribution in [2.45, 2.75) is 18.0 Å². The van der Waals surface area contributed by atoms with Gasteiger partial charge in [-0.25, -0.2) is 13.1 Å². The molecule has 6 nitrogen and oxygen atoms in total. The van der Waals surface area contributed by atoms with Crippen LogP contribution >= 0.6 is 23.2 Å². The zero-order valence-corrected chi connectivity index (χ0v) is 13.4. The predicted molar refractivity (Wildman–Crippen MR) is 79.8 cm³/mol. The largest absolute Gasteiger partial charge is 0.364 e. The first-order chi connectivity index (χ1) is 9.94. The molecule has 0 spiro atoms. The summed E-state index contributed by atoms with van der Waals surface area (Å²) in [5.41, 5.74) is 1.12. The monoisotopic (exact) mass is 349 g/mol. The molecule has 9 heteroatoms. The van der Waals surface area contributed by atoms with Crippen molar-refractivity contribution in [1.82, 2.24) is 15.2 Å². The number of sulfonamides is 1. The van der Waals surface area contributed by atoms with Crippen molar-refractivity contribution in [1.29, 1.82) is 0 Å². The number of hydrogen-bond acceptors (Lipinski definition) is 5. The topological polar surface area (TPSA) is 84.2 Å². The van der Waals surface area contributed by atoms with Crippen molar-refractivity contribution < 1.29 is 12.9 Å². The molecule has 0 bridgehead atoms. The summed E-state index contributed by atoms with van der Waals surface area (Å²) in [4.78, 5) is -0.0256. The van der Waals surface area contributed by atoms with Crippen molar-refractivity contribution in [3.63, 3.8) is 0 Å². The van der Waals surface area contributed by atoms with Crippen LogP contribution in [0.25, 0.3) is 0 Å². The van der Waals surface area contributed by atoms with Crippen LogP contribution in [0.1, 0.15) is 11.3 Å². The zero-order chi connectivity index (χ0) is 15.5. The van der Waals surface area contributed by atoms with Crippen LogP contribution in [0.2, 0.25) is 10.0 Å². The maximum absolute atomic E-state index is 12.3. The van der Waals surface area contributed by atoms with Crippen LogP contribution < -0.4 is 10.0 Å². The van der Waals surface area contributed by atoms with Crippen molar-refractivity contribution in [3.8, 4) is 0 Å². The number of benzene rings is 1. The van der Waals surface area contributed by atoms with Gasteiger partial charge in [-0.05, 0) is 24.7 Å². The minimum atomic E-state index is -3.77. The average Bonchev–Trinajstić information content (AvgIpc) is 2.93. The van der Waals surface area contributed by atoms with Crippen molar-refractivity contribution in [2.75, 3.05) is 7.05 Å². The van der Waals surface area contributed by atoms with E-state index in [0.717, 1.165) is 0 Å². The molecule has 0 amide bonds. The minimum Gasteiger partial charge on any atom is -0.364 e. The van der Waals surface area contributed by atoms with Gasteiger partial charge in [-0.15, -0.1) is 0 Å². The van der Waals surface area contributed by atoms with Crippen LogP contribution in [0.5, 0.6) is 0 Å². The van der Waals surface area contributed by atoms with Gasteiger partial charge in [0.25, 0.3) is 0 Å². The molecule has 2 aromatic rings. The van der Waals surface area contributed by atoms with Gasteiger partial charge < -0.3 is 9.84 Å². The third-order valence-electron chi connectivity index (χ3n) is 2.69. The summed E-state index contributed by atoms with van der Waals surface area (Å²) in [7, 11) is -2.04. The number of rotatable bonds is 6. The lowest BCUT2D eigenvalue weighted by molar-refractivity contribution is 0.411. The summed E-state index contributed by atoms with van der Waals surface area (Å²) in [6.07, 6.45) is 1.37. The molecule has 0 fully saturated rings. The second-order valence-corrected chi connectivity index (χ2v) is 6.77. The highest BCUT2D eigenvalue weighted by Gasteiger charge is 2.20. The van der Waals surface area contributed by atoms with Crippen LogP contribution in [0.4, 0.5) is 0 Å². The number of nitrogens with one attached hydrogen (secondary N) is 2. The van der Waals surface area contributed by atoms with Gasteiger partial charge in [0.1, 0.15) is 11.2 Å². The van der Waals surface area contributed by atoms with E-state index in [0.29, 0.717) is 22.8 Å². The molecule has 1 heterocycles. The van der Waals surface area contributed by atoms with Crippen LogP contribution in [0.3, 0.4) is 0 Å². The van der Waals surface area contributed by atoms with E-state index < -0.39 is 10.0 Å². The fraction of sp³-hybridized carbons (Fsp3) is 0.250. The van der Waals surface area contributed by atoms with Crippen LogP contribution in [0, 0.1) is 0 Å². The summed E-state index contributed by atoms with van der Waals surface area (Å²) in [6.45, 7) is 0.445. The third kappa shape index (κ3) is 3.96. The molecule has 114 valence electrons. The smallest absolute Gasteiger partial charge is 0.242 e. The van der Waals surface area contributed by atoms with Gasteiger partial charge in [0.05, 0.1) is 17.3 Å². The Kier molecular flexibility index (Phi) is 5.23. The Balaban J connectivity index is 2.28. The highest BCUT2D eigenvalue weighted by Crippen LogP contribution is 2.28. The summed E-state index contributed by atoms with van der Waals surface area (Å²) >= 11 is 12.0. The SMILES string of the molecule is CNCc1cc(S(=O)(=O)NCc2ccon2)c(Cl)cc1Cl. The lowest BCUT2D eigenvalue weighted by atomic mass is 10.2. The van der Waals surface area contributed by atoms with Gasteiger partial charge in [0.15, 0.2) is 0 Å². The highest BCUT2D eigenvalue weighted by atomic mass is 35.5. The molecule has 0 aliphatic rings. The summed E-state index contributed by atoms with van der Waals surface area (Å²) in [6, 6.07) is 4.44. The number of halogens is 2. The molecule has 0 saturated carbocycles. The van der Waals surface area contributed by atoms with E-state index in [1.165, 1.54) is 18.4 Å². The van der Waals surface area contributed by atoms with E-state index in [1.54, 1.807) is 13.1 Å². The number of nitrogens with zero attached hydrogens (tertiary/aromatic N) is 1. The van der Waals surface area contributed by atoms with Gasteiger partial charge in [0, 0.05) is 17.6 Å². The summed E-state index contributed by atoms with van der Waals surface area (Å²) in [5.74, 6) is 0. The van der Waals surface area contributed by atoms with Gasteiger partial charge in [-0.1, -0.05) is 28.4 Å². The minimum absolute atomic E-state index is 0.0130. The Morgan fingerprint density at radius 1 is 1.24 bits per heavy atom. The highest BCUT2D eigenvalue weighted by molar-refractivity contribution is 7.89. The predicted octanol–water partition coefficient (Wildman–Crippen LogP) is 2.18. The molecule has 21 heavy (non-hydrogen) atoms. The van der Waals surface area contributed by atoms with E-state index >= 15 is 0 Å². The quantitative estimate of drug-likeness (QED) is 0.834. The fourth-order valence-corrected chi connectivity index (χ4v) is 3.54. The normalized spacial score (nSPS) is 11.8. The molecular formula is C12H13Cl2N3O3S. The maximum atomic E-state index is 12.3. The molecule has 2 rings (SSSR count). The van der Waals surface area contributed by atoms with Crippen LogP contribution in [-0.2, 0) is 23.1 Å². The Morgan fingerprint density at radius 2 is 2.00 bits per heavy atom. The van der Waals surface area contributed by atoms with E-state index in [-0.39, 0.29) is 16.5 Å². The molecule has 0 saturated heterocycles. The van der Waals surface area contributed by atoms with Crippen molar-refractivity contribution in [2.24, 2.45) is 0 Å². The second-order valence-electron chi connectivity index (χ2n) is 4.22. The molecule has 0 aliphatic heterocycles. The molecule has 0 unspecified atom stereocenters. The van der Waals surface area contributed by atoms with E-state index in [9.17, 15) is 8.42 Å². The van der Waals surface area contributed by atoms with Gasteiger partial charge >= 0.3 is 0 Å². The third-order valence-corrected chi connectivity index (χ3v) is 4.91. The average molecular weight is 350 g/mol. The summed E-state index contributed by atoms with van der Waals surface area (Å²) in [5, 5.41) is 7.01. The molecular weight excluding hydrogens is 337 g/mol. The van der Waals surface area contributed by atoms with Crippen LogP contribution in [-0.4, -0.2) is 20.6 Å². The zero-order valence-electron chi connectivity index (χ0n) is 11.1. The molecule has 1 aromatic heterocycles. The van der Waals surface area contributed by atoms with E-state index in [2.05, 4.69) is 19.7 Å².